The predicted octanol–water partition coefficient (Wildman–Crippen LogP) is 3.52. The number of aromatic nitrogens is 1. The number of nitrogens with one attached hydrogen (secondary N) is 1. The molecule has 0 fully saturated rings. The molecule has 26 heavy (non-hydrogen) atoms. The number of pyridine rings is 1. The molecule has 0 unspecified atom stereocenters. The summed E-state index contributed by atoms with van der Waals surface area (Å²) in [7, 11) is 0. The fraction of sp³-hybridized carbons (Fsp3) is 0.0952. The highest BCUT2D eigenvalue weighted by molar-refractivity contribution is 6.06. The Bertz CT molecular complexity index is 946. The van der Waals surface area contributed by atoms with Gasteiger partial charge in [-0.1, -0.05) is 60.7 Å². The van der Waals surface area contributed by atoms with E-state index in [1.54, 1.807) is 30.5 Å². The molecular weight excluding hydrogens is 328 g/mol. The van der Waals surface area contributed by atoms with Crippen molar-refractivity contribution < 1.29 is 14.7 Å². The lowest BCUT2D eigenvalue weighted by Gasteiger charge is -2.13. The molecule has 5 nitrogen and oxygen atoms in total. The first-order valence-electron chi connectivity index (χ1n) is 8.24. The van der Waals surface area contributed by atoms with Gasteiger partial charge >= 0.3 is 5.97 Å². The topological polar surface area (TPSA) is 79.3 Å². The summed E-state index contributed by atoms with van der Waals surface area (Å²) in [6, 6.07) is 17.5. The van der Waals surface area contributed by atoms with E-state index in [1.807, 2.05) is 48.5 Å². The van der Waals surface area contributed by atoms with Crippen LogP contribution in [0.1, 0.15) is 22.3 Å². The number of carbonyl (C=O) groups excluding carboxylic acids is 1. The molecule has 130 valence electrons. The van der Waals surface area contributed by atoms with Gasteiger partial charge in [-0.05, 0) is 24.1 Å². The molecule has 5 heteroatoms. The summed E-state index contributed by atoms with van der Waals surface area (Å²) in [5, 5.41) is 12.8. The zero-order chi connectivity index (χ0) is 18.4. The van der Waals surface area contributed by atoms with Crippen LogP contribution in [0.3, 0.4) is 0 Å². The second kappa shape index (κ2) is 8.07. The Morgan fingerprint density at radius 3 is 2.58 bits per heavy atom. The van der Waals surface area contributed by atoms with Gasteiger partial charge in [0.15, 0.2) is 0 Å². The molecular formula is C21H18N2O3. The van der Waals surface area contributed by atoms with Crippen molar-refractivity contribution in [1.29, 1.82) is 0 Å². The van der Waals surface area contributed by atoms with Crippen molar-refractivity contribution in [2.24, 2.45) is 0 Å². The normalized spacial score (nSPS) is 12.2. The number of para-hydroxylation sites is 1. The van der Waals surface area contributed by atoms with E-state index >= 15 is 0 Å². The lowest BCUT2D eigenvalue weighted by atomic mass is 10.1. The quantitative estimate of drug-likeness (QED) is 0.716. The third-order valence-corrected chi connectivity index (χ3v) is 3.96. The number of aliphatic carboxylic acids is 1. The standard InChI is InChI=1S/C21H18N2O3/c24-20(17-12-5-10-16-11-6-14-22-19(16)17)23-18(21(25)26)13-4-9-15-7-2-1-3-8-15/h1-12,14,18H,13H2,(H,23,24)(H,25,26)/b9-4+/t18-/m1/s1. The molecule has 2 aromatic carbocycles. The van der Waals surface area contributed by atoms with Gasteiger partial charge in [0.25, 0.3) is 5.91 Å². The molecule has 1 heterocycles. The Balaban J connectivity index is 1.74. The van der Waals surface area contributed by atoms with Crippen LogP contribution in [0.25, 0.3) is 17.0 Å². The summed E-state index contributed by atoms with van der Waals surface area (Å²) in [5.41, 5.74) is 1.89. The second-order valence-electron chi connectivity index (χ2n) is 5.79. The van der Waals surface area contributed by atoms with Crippen LogP contribution in [-0.2, 0) is 4.79 Å². The van der Waals surface area contributed by atoms with Gasteiger partial charge in [-0.2, -0.15) is 0 Å². The third kappa shape index (κ3) is 4.13. The molecule has 0 saturated carbocycles. The molecule has 0 aliphatic heterocycles. The highest BCUT2D eigenvalue weighted by atomic mass is 16.4. The number of hydrogen-bond acceptors (Lipinski definition) is 3. The number of carboxylic acids is 1. The van der Waals surface area contributed by atoms with E-state index in [1.165, 1.54) is 0 Å². The highest BCUT2D eigenvalue weighted by Gasteiger charge is 2.20. The minimum atomic E-state index is -1.08. The second-order valence-corrected chi connectivity index (χ2v) is 5.79. The van der Waals surface area contributed by atoms with E-state index in [0.717, 1.165) is 10.9 Å². The van der Waals surface area contributed by atoms with Gasteiger partial charge in [0.2, 0.25) is 0 Å². The van der Waals surface area contributed by atoms with Gasteiger partial charge < -0.3 is 10.4 Å². The van der Waals surface area contributed by atoms with Crippen LogP contribution < -0.4 is 5.32 Å². The Morgan fingerprint density at radius 1 is 1.04 bits per heavy atom. The Morgan fingerprint density at radius 2 is 1.81 bits per heavy atom. The monoisotopic (exact) mass is 346 g/mol. The molecule has 1 atom stereocenters. The molecule has 0 saturated heterocycles. The first kappa shape index (κ1) is 17.4. The summed E-state index contributed by atoms with van der Waals surface area (Å²) in [6.07, 6.45) is 5.38. The number of benzene rings is 2. The smallest absolute Gasteiger partial charge is 0.326 e. The lowest BCUT2D eigenvalue weighted by Crippen LogP contribution is -2.40. The van der Waals surface area contributed by atoms with Crippen LogP contribution in [0.4, 0.5) is 0 Å². The average molecular weight is 346 g/mol. The van der Waals surface area contributed by atoms with Crippen LogP contribution in [0.5, 0.6) is 0 Å². The summed E-state index contributed by atoms with van der Waals surface area (Å²) >= 11 is 0. The van der Waals surface area contributed by atoms with Gasteiger partial charge in [0.05, 0.1) is 11.1 Å². The molecule has 0 bridgehead atoms. The molecule has 0 aliphatic carbocycles. The molecule has 0 aliphatic rings. The van der Waals surface area contributed by atoms with Crippen LogP contribution >= 0.6 is 0 Å². The fourth-order valence-corrected chi connectivity index (χ4v) is 2.65. The predicted molar refractivity (Wildman–Crippen MR) is 101 cm³/mol. The van der Waals surface area contributed by atoms with Crippen molar-refractivity contribution in [2.75, 3.05) is 0 Å². The molecule has 0 spiro atoms. The van der Waals surface area contributed by atoms with E-state index in [9.17, 15) is 14.7 Å². The lowest BCUT2D eigenvalue weighted by molar-refractivity contribution is -0.139. The van der Waals surface area contributed by atoms with Gasteiger partial charge in [-0.3, -0.25) is 9.78 Å². The molecule has 3 aromatic rings. The van der Waals surface area contributed by atoms with E-state index in [4.69, 9.17) is 0 Å². The van der Waals surface area contributed by atoms with Crippen molar-refractivity contribution in [2.45, 2.75) is 12.5 Å². The van der Waals surface area contributed by atoms with Crippen molar-refractivity contribution in [1.82, 2.24) is 10.3 Å². The first-order chi connectivity index (χ1) is 12.6. The summed E-state index contributed by atoms with van der Waals surface area (Å²) < 4.78 is 0. The number of nitrogens with zero attached hydrogens (tertiary/aromatic N) is 1. The van der Waals surface area contributed by atoms with Crippen molar-refractivity contribution in [3.05, 3.63) is 84.1 Å². The van der Waals surface area contributed by atoms with Crippen LogP contribution in [-0.4, -0.2) is 28.0 Å². The van der Waals surface area contributed by atoms with Crippen molar-refractivity contribution in [3.8, 4) is 0 Å². The minimum absolute atomic E-state index is 0.189. The van der Waals surface area contributed by atoms with Crippen LogP contribution in [0, 0.1) is 0 Å². The van der Waals surface area contributed by atoms with Gasteiger partial charge in [0.1, 0.15) is 6.04 Å². The SMILES string of the molecule is O=C(N[C@H](C/C=C/c1ccccc1)C(=O)O)c1cccc2cccnc12. The van der Waals surface area contributed by atoms with E-state index in [2.05, 4.69) is 10.3 Å². The zero-order valence-electron chi connectivity index (χ0n) is 14.0. The number of hydrogen-bond donors (Lipinski definition) is 2. The zero-order valence-corrected chi connectivity index (χ0v) is 14.0. The van der Waals surface area contributed by atoms with Gasteiger partial charge in [0, 0.05) is 11.6 Å². The molecule has 1 aromatic heterocycles. The average Bonchev–Trinajstić information content (AvgIpc) is 2.67. The number of rotatable bonds is 6. The number of carbonyl (C=O) groups is 2. The molecule has 1 amide bonds. The summed E-state index contributed by atoms with van der Waals surface area (Å²) in [5.74, 6) is -1.53. The van der Waals surface area contributed by atoms with Crippen molar-refractivity contribution in [3.63, 3.8) is 0 Å². The molecule has 3 rings (SSSR count). The Kier molecular flexibility index (Phi) is 5.39. The van der Waals surface area contributed by atoms with Crippen LogP contribution in [0.15, 0.2) is 72.9 Å². The van der Waals surface area contributed by atoms with E-state index in [-0.39, 0.29) is 6.42 Å². The maximum atomic E-state index is 12.6. The summed E-state index contributed by atoms with van der Waals surface area (Å²) in [4.78, 5) is 28.3. The minimum Gasteiger partial charge on any atom is -0.480 e. The largest absolute Gasteiger partial charge is 0.480 e. The van der Waals surface area contributed by atoms with Crippen molar-refractivity contribution >= 4 is 28.9 Å². The number of fused-ring (bicyclic) bond motifs is 1. The Hall–Kier alpha value is -3.47. The van der Waals surface area contributed by atoms with Gasteiger partial charge in [-0.15, -0.1) is 0 Å². The number of amides is 1. The highest BCUT2D eigenvalue weighted by Crippen LogP contribution is 2.16. The molecule has 2 N–H and O–H groups in total. The van der Waals surface area contributed by atoms with E-state index in [0.29, 0.717) is 11.1 Å². The summed E-state index contributed by atoms with van der Waals surface area (Å²) in [6.45, 7) is 0. The van der Waals surface area contributed by atoms with E-state index < -0.39 is 17.9 Å². The first-order valence-corrected chi connectivity index (χ1v) is 8.24. The maximum Gasteiger partial charge on any atom is 0.326 e. The maximum absolute atomic E-state index is 12.6. The van der Waals surface area contributed by atoms with Crippen LogP contribution in [0.2, 0.25) is 0 Å². The molecule has 0 radical (unpaired) electrons. The fourth-order valence-electron chi connectivity index (χ4n) is 2.65. The van der Waals surface area contributed by atoms with Gasteiger partial charge in [-0.25, -0.2) is 4.79 Å². The number of carboxylic acid groups (broad SMARTS) is 1. The third-order valence-electron chi connectivity index (χ3n) is 3.96. The Labute approximate surface area is 151 Å².